The van der Waals surface area contributed by atoms with E-state index in [0.717, 1.165) is 63.2 Å². The van der Waals surface area contributed by atoms with Crippen LogP contribution in [0.25, 0.3) is 11.1 Å². The zero-order valence-electron chi connectivity index (χ0n) is 34.8. The zero-order chi connectivity index (χ0) is 41.4. The number of amides is 2. The molecule has 1 aliphatic carbocycles. The van der Waals surface area contributed by atoms with Crippen molar-refractivity contribution in [1.82, 2.24) is 20.2 Å². The van der Waals surface area contributed by atoms with Crippen molar-refractivity contribution in [2.24, 2.45) is 5.41 Å². The lowest BCUT2D eigenvalue weighted by atomic mass is 9.76. The van der Waals surface area contributed by atoms with Gasteiger partial charge in [-0.2, -0.15) is 0 Å². The number of aliphatic hydroxyl groups is 1. The predicted octanol–water partition coefficient (Wildman–Crippen LogP) is 8.12. The van der Waals surface area contributed by atoms with Crippen LogP contribution in [0, 0.1) is 33.1 Å². The number of nitrogens with zero attached hydrogens (tertiary/aromatic N) is 3. The summed E-state index contributed by atoms with van der Waals surface area (Å²) in [6.07, 6.45) is 6.82. The molecule has 8 rings (SSSR count). The molecule has 4 heterocycles. The second-order valence-corrected chi connectivity index (χ2v) is 17.2. The number of hydrogen-bond donors (Lipinski definition) is 2. The second-order valence-electron chi connectivity index (χ2n) is 17.2. The average Bonchev–Trinajstić information content (AvgIpc) is 3.58. The summed E-state index contributed by atoms with van der Waals surface area (Å²) in [5.74, 6) is 2.01. The van der Waals surface area contributed by atoms with E-state index in [1.54, 1.807) is 18.7 Å². The SMILES string of the molecule is Cc1nc(C(=O)N2Cc3cc4c(cc3C[C@H]2C(=O)N[C@H](CO)Cc2ccc(-c3ccnc(C)c3C)cc2)OC[C@H](c2ccc(OC3CCC(C)(C)CC3)cc2)O4)c(C)o1. The molecule has 5 aromatic rings. The van der Waals surface area contributed by atoms with Gasteiger partial charge in [-0.25, -0.2) is 4.98 Å². The minimum Gasteiger partial charge on any atom is -0.490 e. The Bertz CT molecular complexity index is 2320. The summed E-state index contributed by atoms with van der Waals surface area (Å²) in [5.41, 5.74) is 8.51. The van der Waals surface area contributed by atoms with Crippen molar-refractivity contribution in [2.75, 3.05) is 13.2 Å². The maximum Gasteiger partial charge on any atom is 0.277 e. The summed E-state index contributed by atoms with van der Waals surface area (Å²) in [7, 11) is 0. The summed E-state index contributed by atoms with van der Waals surface area (Å²) in [6.45, 7) is 12.3. The molecule has 1 fully saturated rings. The van der Waals surface area contributed by atoms with E-state index in [0.29, 0.717) is 41.6 Å². The third-order valence-corrected chi connectivity index (χ3v) is 12.3. The van der Waals surface area contributed by atoms with Gasteiger partial charge in [-0.1, -0.05) is 50.2 Å². The number of ether oxygens (including phenoxy) is 3. The van der Waals surface area contributed by atoms with E-state index in [4.69, 9.17) is 18.6 Å². The minimum atomic E-state index is -0.878. The Morgan fingerprint density at radius 2 is 1.69 bits per heavy atom. The second kappa shape index (κ2) is 16.5. The first-order valence-corrected chi connectivity index (χ1v) is 20.7. The molecule has 0 bridgehead atoms. The molecule has 3 atom stereocenters. The smallest absolute Gasteiger partial charge is 0.277 e. The molecule has 11 heteroatoms. The predicted molar refractivity (Wildman–Crippen MR) is 224 cm³/mol. The van der Waals surface area contributed by atoms with Gasteiger partial charge in [-0.15, -0.1) is 0 Å². The summed E-state index contributed by atoms with van der Waals surface area (Å²) >= 11 is 0. The normalized spacial score (nSPS) is 19.1. The first-order chi connectivity index (χ1) is 28.3. The Morgan fingerprint density at radius 1 is 0.966 bits per heavy atom. The fourth-order valence-electron chi connectivity index (χ4n) is 8.59. The fraction of sp³-hybridized carbons (Fsp3) is 0.417. The maximum atomic E-state index is 14.2. The molecular weight excluding hydrogens is 745 g/mol. The van der Waals surface area contributed by atoms with Crippen LogP contribution in [0.4, 0.5) is 0 Å². The number of aromatic nitrogens is 2. The maximum absolute atomic E-state index is 14.2. The van der Waals surface area contributed by atoms with Gasteiger partial charge < -0.3 is 34.0 Å². The van der Waals surface area contributed by atoms with Gasteiger partial charge in [0.05, 0.1) is 18.8 Å². The van der Waals surface area contributed by atoms with Crippen LogP contribution in [0.5, 0.6) is 17.2 Å². The molecule has 1 saturated carbocycles. The van der Waals surface area contributed by atoms with Crippen LogP contribution < -0.4 is 19.5 Å². The van der Waals surface area contributed by atoms with Crippen LogP contribution in [-0.2, 0) is 24.2 Å². The van der Waals surface area contributed by atoms with E-state index in [-0.39, 0.29) is 43.4 Å². The highest BCUT2D eigenvalue weighted by Gasteiger charge is 2.39. The molecule has 2 amide bonds. The summed E-state index contributed by atoms with van der Waals surface area (Å²) in [4.78, 5) is 38.7. The lowest BCUT2D eigenvalue weighted by Gasteiger charge is -2.37. The fourth-order valence-corrected chi connectivity index (χ4v) is 8.59. The minimum absolute atomic E-state index is 0.141. The molecule has 2 aliphatic heterocycles. The number of hydrogen-bond acceptors (Lipinski definition) is 9. The van der Waals surface area contributed by atoms with Crippen LogP contribution in [-0.4, -0.2) is 63.2 Å². The monoisotopic (exact) mass is 798 g/mol. The van der Waals surface area contributed by atoms with Crippen LogP contribution in [0.1, 0.15) is 101 Å². The summed E-state index contributed by atoms with van der Waals surface area (Å²) in [6, 6.07) is 20.6. The number of carbonyl (C=O) groups excluding carboxylic acids is 2. The largest absolute Gasteiger partial charge is 0.490 e. The highest BCUT2D eigenvalue weighted by molar-refractivity contribution is 5.97. The molecule has 308 valence electrons. The number of aliphatic hydroxyl groups excluding tert-OH is 1. The summed E-state index contributed by atoms with van der Waals surface area (Å²) < 4.78 is 24.8. The van der Waals surface area contributed by atoms with Gasteiger partial charge in [-0.05, 0) is 128 Å². The lowest BCUT2D eigenvalue weighted by Crippen LogP contribution is -2.55. The number of benzene rings is 3. The van der Waals surface area contributed by atoms with Crippen molar-refractivity contribution in [1.29, 1.82) is 0 Å². The molecule has 2 N–H and O–H groups in total. The Morgan fingerprint density at radius 3 is 2.39 bits per heavy atom. The third-order valence-electron chi connectivity index (χ3n) is 12.3. The van der Waals surface area contributed by atoms with Crippen LogP contribution >= 0.6 is 0 Å². The van der Waals surface area contributed by atoms with Gasteiger partial charge in [0.1, 0.15) is 24.2 Å². The van der Waals surface area contributed by atoms with Gasteiger partial charge in [-0.3, -0.25) is 14.6 Å². The molecule has 11 nitrogen and oxygen atoms in total. The van der Waals surface area contributed by atoms with Crippen molar-refractivity contribution in [3.8, 4) is 28.4 Å². The van der Waals surface area contributed by atoms with Crippen molar-refractivity contribution in [3.63, 3.8) is 0 Å². The van der Waals surface area contributed by atoms with Crippen molar-refractivity contribution in [3.05, 3.63) is 124 Å². The van der Waals surface area contributed by atoms with Gasteiger partial charge in [0, 0.05) is 31.8 Å². The number of pyridine rings is 1. The topological polar surface area (TPSA) is 136 Å². The van der Waals surface area contributed by atoms with Crippen LogP contribution in [0.2, 0.25) is 0 Å². The Hall–Kier alpha value is -5.68. The van der Waals surface area contributed by atoms with Gasteiger partial charge >= 0.3 is 0 Å². The molecule has 0 saturated heterocycles. The van der Waals surface area contributed by atoms with E-state index < -0.39 is 18.0 Å². The van der Waals surface area contributed by atoms with E-state index in [9.17, 15) is 14.7 Å². The van der Waals surface area contributed by atoms with Crippen LogP contribution in [0.3, 0.4) is 0 Å². The van der Waals surface area contributed by atoms with E-state index in [1.165, 1.54) is 12.8 Å². The first kappa shape index (κ1) is 40.1. The van der Waals surface area contributed by atoms with E-state index in [2.05, 4.69) is 36.1 Å². The number of carbonyl (C=O) groups is 2. The van der Waals surface area contributed by atoms with Crippen molar-refractivity contribution >= 4 is 11.8 Å². The molecular formula is C48H54N4O7. The molecule has 3 aromatic carbocycles. The quantitative estimate of drug-likeness (QED) is 0.144. The zero-order valence-corrected chi connectivity index (χ0v) is 34.8. The molecule has 0 unspecified atom stereocenters. The van der Waals surface area contributed by atoms with Gasteiger partial charge in [0.15, 0.2) is 29.2 Å². The molecule has 0 spiro atoms. The molecule has 2 aromatic heterocycles. The molecule has 3 aliphatic rings. The number of rotatable bonds is 10. The van der Waals surface area contributed by atoms with Gasteiger partial charge in [0.2, 0.25) is 5.91 Å². The highest BCUT2D eigenvalue weighted by atomic mass is 16.6. The lowest BCUT2D eigenvalue weighted by molar-refractivity contribution is -0.127. The first-order valence-electron chi connectivity index (χ1n) is 20.7. The average molecular weight is 799 g/mol. The van der Waals surface area contributed by atoms with Gasteiger partial charge in [0.25, 0.3) is 5.91 Å². The molecule has 59 heavy (non-hydrogen) atoms. The number of fused-ring (bicyclic) bond motifs is 2. The number of nitrogens with one attached hydrogen (secondary N) is 1. The third kappa shape index (κ3) is 8.71. The van der Waals surface area contributed by atoms with Crippen molar-refractivity contribution in [2.45, 2.75) is 111 Å². The highest BCUT2D eigenvalue weighted by Crippen LogP contribution is 2.42. The summed E-state index contributed by atoms with van der Waals surface area (Å²) in [5, 5.41) is 13.5. The Kier molecular flexibility index (Phi) is 11.2. The Labute approximate surface area is 346 Å². The van der Waals surface area contributed by atoms with E-state index >= 15 is 0 Å². The van der Waals surface area contributed by atoms with Crippen molar-refractivity contribution < 1.29 is 33.3 Å². The standard InChI is InChI=1S/C48H54N4O7/c1-28-29(2)49-20-17-40(28)33-9-7-32(8-10-33)21-37(26-53)51-46(54)41-22-35-23-42-43(24-36(35)25-52(41)47(55)45-30(3)57-31(4)50-45)59-44(27-56-42)34-11-13-38(14-12-34)58-39-15-18-48(5,6)19-16-39/h7-14,17,20,23-24,37,39,41,44,53H,15-16,18-19,21-22,25-27H2,1-6H3,(H,51,54)/t37-,41-,44+/m0/s1. The van der Waals surface area contributed by atoms with E-state index in [1.807, 2.05) is 79.9 Å². The Balaban J connectivity index is 0.980. The molecule has 0 radical (unpaired) electrons. The number of aryl methyl sites for hydroxylation is 3. The number of oxazole rings is 1. The van der Waals surface area contributed by atoms with Crippen LogP contribution in [0.15, 0.2) is 77.3 Å².